The minimum atomic E-state index is -0.970. The van der Waals surface area contributed by atoms with Crippen molar-refractivity contribution in [2.45, 2.75) is 39.2 Å². The maximum absolute atomic E-state index is 12.2. The number of ether oxygens (including phenoxy) is 2. The molecule has 0 fully saturated rings. The van der Waals surface area contributed by atoms with Crippen molar-refractivity contribution < 1.29 is 24.2 Å². The van der Waals surface area contributed by atoms with E-state index in [9.17, 15) is 9.59 Å². The van der Waals surface area contributed by atoms with Gasteiger partial charge in [-0.1, -0.05) is 51.1 Å². The van der Waals surface area contributed by atoms with Gasteiger partial charge in [0.05, 0.1) is 19.2 Å². The number of carboxylic acids is 1. The first-order chi connectivity index (χ1) is 16.1. The Balaban J connectivity index is 1.59. The van der Waals surface area contributed by atoms with E-state index in [1.807, 2.05) is 6.07 Å². The van der Waals surface area contributed by atoms with Gasteiger partial charge in [-0.05, 0) is 40.3 Å². The number of hydrogen-bond acceptors (Lipinski definition) is 6. The Bertz CT molecular complexity index is 1180. The predicted molar refractivity (Wildman–Crippen MR) is 134 cm³/mol. The predicted octanol–water partition coefficient (Wildman–Crippen LogP) is 5.31. The number of aromatic nitrogens is 1. The number of nitrogens with zero attached hydrogens (tertiary/aromatic N) is 1. The summed E-state index contributed by atoms with van der Waals surface area (Å²) in [4.78, 5) is 27.0. The Morgan fingerprint density at radius 1 is 1.12 bits per heavy atom. The maximum Gasteiger partial charge on any atom is 0.309 e. The topological polar surface area (TPSA) is 97.8 Å². The third-order valence-electron chi connectivity index (χ3n) is 4.94. The first kappa shape index (κ1) is 25.0. The van der Waals surface area contributed by atoms with E-state index in [2.05, 4.69) is 55.3 Å². The Labute approximate surface area is 203 Å². The molecule has 0 atom stereocenters. The lowest BCUT2D eigenvalue weighted by molar-refractivity contribution is -0.136. The molecule has 0 aliphatic rings. The van der Waals surface area contributed by atoms with Crippen LogP contribution in [0, 0.1) is 0 Å². The molecule has 0 unspecified atom stereocenters. The molecule has 0 spiro atoms. The molecule has 178 valence electrons. The molecule has 0 aliphatic carbocycles. The monoisotopic (exact) mass is 480 g/mol. The van der Waals surface area contributed by atoms with E-state index < -0.39 is 5.97 Å². The Kier molecular flexibility index (Phi) is 8.07. The van der Waals surface area contributed by atoms with E-state index >= 15 is 0 Å². The van der Waals surface area contributed by atoms with E-state index in [0.717, 1.165) is 11.1 Å². The number of benzene rings is 2. The summed E-state index contributed by atoms with van der Waals surface area (Å²) >= 11 is 1.18. The van der Waals surface area contributed by atoms with Gasteiger partial charge in [0.15, 0.2) is 16.6 Å². The van der Waals surface area contributed by atoms with Crippen LogP contribution in [0.25, 0.3) is 6.08 Å². The third kappa shape index (κ3) is 7.18. The summed E-state index contributed by atoms with van der Waals surface area (Å²) in [5.41, 5.74) is 3.60. The number of anilines is 1. The van der Waals surface area contributed by atoms with Gasteiger partial charge < -0.3 is 14.6 Å². The van der Waals surface area contributed by atoms with Crippen LogP contribution in [0.5, 0.6) is 11.5 Å². The molecule has 0 bridgehead atoms. The highest BCUT2D eigenvalue weighted by molar-refractivity contribution is 7.14. The molecule has 7 nitrogen and oxygen atoms in total. The molecule has 34 heavy (non-hydrogen) atoms. The molecule has 0 saturated carbocycles. The standard InChI is InChI=1S/C26H28N2O5S/c1-26(2,3)19-9-5-18(6-10-19)15-33-21-11-7-17(13-22(21)32-4)8-12-23(29)28-25-27-20(16-34-25)14-24(30)31/h5-13,16H,14-15H2,1-4H3,(H,30,31)(H,27,28,29)/b12-8+. The molecule has 2 N–H and O–H groups in total. The Morgan fingerprint density at radius 3 is 2.50 bits per heavy atom. The van der Waals surface area contributed by atoms with Crippen molar-refractivity contribution in [2.24, 2.45) is 0 Å². The summed E-state index contributed by atoms with van der Waals surface area (Å²) in [6.07, 6.45) is 2.85. The number of hydrogen-bond donors (Lipinski definition) is 2. The van der Waals surface area contributed by atoms with Gasteiger partial charge in [0.25, 0.3) is 0 Å². The van der Waals surface area contributed by atoms with Crippen molar-refractivity contribution in [1.29, 1.82) is 0 Å². The number of aliphatic carboxylic acids is 1. The Morgan fingerprint density at radius 2 is 1.85 bits per heavy atom. The normalized spacial score (nSPS) is 11.4. The van der Waals surface area contributed by atoms with Crippen molar-refractivity contribution in [3.63, 3.8) is 0 Å². The van der Waals surface area contributed by atoms with E-state index in [0.29, 0.717) is 28.9 Å². The Hall–Kier alpha value is -3.65. The lowest BCUT2D eigenvalue weighted by atomic mass is 9.87. The molecule has 0 radical (unpaired) electrons. The maximum atomic E-state index is 12.2. The highest BCUT2D eigenvalue weighted by atomic mass is 32.1. The number of methoxy groups -OCH3 is 1. The van der Waals surface area contributed by atoms with Crippen LogP contribution >= 0.6 is 11.3 Å². The number of carbonyl (C=O) groups is 2. The summed E-state index contributed by atoms with van der Waals surface area (Å²) in [6.45, 7) is 6.96. The van der Waals surface area contributed by atoms with Crippen molar-refractivity contribution >= 4 is 34.4 Å². The van der Waals surface area contributed by atoms with Gasteiger partial charge in [0, 0.05) is 11.5 Å². The highest BCUT2D eigenvalue weighted by Gasteiger charge is 2.13. The molecule has 0 saturated heterocycles. The number of carbonyl (C=O) groups excluding carboxylic acids is 1. The third-order valence-corrected chi connectivity index (χ3v) is 5.75. The SMILES string of the molecule is COc1cc(/C=C/C(=O)Nc2nc(CC(=O)O)cs2)ccc1OCc1ccc(C(C)(C)C)cc1. The molecular weight excluding hydrogens is 452 g/mol. The van der Waals surface area contributed by atoms with Crippen LogP contribution in [0.15, 0.2) is 53.9 Å². The van der Waals surface area contributed by atoms with Crippen molar-refractivity contribution in [3.8, 4) is 11.5 Å². The molecular formula is C26H28N2O5S. The fraction of sp³-hybridized carbons (Fsp3) is 0.269. The van der Waals surface area contributed by atoms with E-state index in [4.69, 9.17) is 14.6 Å². The lowest BCUT2D eigenvalue weighted by Crippen LogP contribution is -2.10. The summed E-state index contributed by atoms with van der Waals surface area (Å²) in [5.74, 6) is -0.165. The van der Waals surface area contributed by atoms with Crippen LogP contribution in [0.3, 0.4) is 0 Å². The van der Waals surface area contributed by atoms with E-state index in [1.165, 1.54) is 23.0 Å². The lowest BCUT2D eigenvalue weighted by Gasteiger charge is -2.19. The van der Waals surface area contributed by atoms with E-state index in [1.54, 1.807) is 30.7 Å². The van der Waals surface area contributed by atoms with Gasteiger partial charge in [-0.2, -0.15) is 0 Å². The van der Waals surface area contributed by atoms with Crippen LogP contribution in [-0.2, 0) is 28.0 Å². The van der Waals surface area contributed by atoms with Crippen LogP contribution in [0.1, 0.15) is 43.2 Å². The van der Waals surface area contributed by atoms with Crippen molar-refractivity contribution in [3.05, 3.63) is 76.3 Å². The summed E-state index contributed by atoms with van der Waals surface area (Å²) in [5, 5.41) is 13.4. The second kappa shape index (κ2) is 11.0. The van der Waals surface area contributed by atoms with Gasteiger partial charge in [-0.25, -0.2) is 4.98 Å². The minimum Gasteiger partial charge on any atom is -0.493 e. The zero-order chi connectivity index (χ0) is 24.7. The summed E-state index contributed by atoms with van der Waals surface area (Å²) < 4.78 is 11.4. The molecule has 1 heterocycles. The largest absolute Gasteiger partial charge is 0.493 e. The first-order valence-corrected chi connectivity index (χ1v) is 11.6. The van der Waals surface area contributed by atoms with Crippen LogP contribution in [-0.4, -0.2) is 29.1 Å². The second-order valence-electron chi connectivity index (χ2n) is 8.68. The van der Waals surface area contributed by atoms with Gasteiger partial charge in [0.1, 0.15) is 6.61 Å². The molecule has 3 aromatic rings. The molecule has 2 aromatic carbocycles. The van der Waals surface area contributed by atoms with Crippen molar-refractivity contribution in [2.75, 3.05) is 12.4 Å². The second-order valence-corrected chi connectivity index (χ2v) is 9.54. The number of amides is 1. The van der Waals surface area contributed by atoms with E-state index in [-0.39, 0.29) is 17.7 Å². The molecule has 8 heteroatoms. The van der Waals surface area contributed by atoms with Crippen molar-refractivity contribution in [1.82, 2.24) is 4.98 Å². The molecule has 1 aromatic heterocycles. The zero-order valence-electron chi connectivity index (χ0n) is 19.6. The van der Waals surface area contributed by atoms with Gasteiger partial charge in [0.2, 0.25) is 5.91 Å². The average molecular weight is 481 g/mol. The zero-order valence-corrected chi connectivity index (χ0v) is 20.4. The fourth-order valence-electron chi connectivity index (χ4n) is 3.09. The van der Waals surface area contributed by atoms with Gasteiger partial charge in [-0.15, -0.1) is 11.3 Å². The molecule has 0 aliphatic heterocycles. The number of rotatable bonds is 9. The first-order valence-electron chi connectivity index (χ1n) is 10.7. The number of thiazole rings is 1. The quantitative estimate of drug-likeness (QED) is 0.403. The fourth-order valence-corrected chi connectivity index (χ4v) is 3.80. The average Bonchev–Trinajstić information content (AvgIpc) is 3.22. The van der Waals surface area contributed by atoms with Crippen LogP contribution in [0.2, 0.25) is 0 Å². The van der Waals surface area contributed by atoms with Gasteiger partial charge >= 0.3 is 5.97 Å². The highest BCUT2D eigenvalue weighted by Crippen LogP contribution is 2.30. The molecule has 3 rings (SSSR count). The molecule has 1 amide bonds. The summed E-state index contributed by atoms with van der Waals surface area (Å²) in [7, 11) is 1.57. The number of nitrogens with one attached hydrogen (secondary N) is 1. The smallest absolute Gasteiger partial charge is 0.309 e. The minimum absolute atomic E-state index is 0.104. The summed E-state index contributed by atoms with van der Waals surface area (Å²) in [6, 6.07) is 13.8. The number of carboxylic acid groups (broad SMARTS) is 1. The van der Waals surface area contributed by atoms with Gasteiger partial charge in [-0.3, -0.25) is 14.9 Å². The van der Waals surface area contributed by atoms with Crippen LogP contribution in [0.4, 0.5) is 5.13 Å². The van der Waals surface area contributed by atoms with Crippen LogP contribution < -0.4 is 14.8 Å².